The molecule has 1 amide bonds. The van der Waals surface area contributed by atoms with Gasteiger partial charge in [-0.3, -0.25) is 4.79 Å². The molecule has 134 valence electrons. The maximum Gasteiger partial charge on any atom is 0.225 e. The number of anilines is 1. The summed E-state index contributed by atoms with van der Waals surface area (Å²) in [6.45, 7) is 0. The summed E-state index contributed by atoms with van der Waals surface area (Å²) < 4.78 is 39.7. The van der Waals surface area contributed by atoms with Gasteiger partial charge in [-0.05, 0) is 31.0 Å². The molecule has 25 heavy (non-hydrogen) atoms. The van der Waals surface area contributed by atoms with E-state index in [0.29, 0.717) is 12.8 Å². The van der Waals surface area contributed by atoms with Gasteiger partial charge in [0.15, 0.2) is 15.7 Å². The predicted molar refractivity (Wildman–Crippen MR) is 90.6 cm³/mol. The van der Waals surface area contributed by atoms with Gasteiger partial charge in [0, 0.05) is 12.1 Å². The molecule has 1 saturated carbocycles. The van der Waals surface area contributed by atoms with E-state index in [0.717, 1.165) is 12.8 Å². The van der Waals surface area contributed by atoms with E-state index in [2.05, 4.69) is 15.4 Å². The molecule has 2 aromatic rings. The molecule has 0 bridgehead atoms. The van der Waals surface area contributed by atoms with E-state index in [1.807, 2.05) is 0 Å². The van der Waals surface area contributed by atoms with Crippen molar-refractivity contribution >= 4 is 21.4 Å². The number of aromatic nitrogens is 3. The molecule has 1 heterocycles. The molecule has 0 spiro atoms. The van der Waals surface area contributed by atoms with Crippen LogP contribution >= 0.6 is 0 Å². The Morgan fingerprint density at radius 1 is 1.32 bits per heavy atom. The van der Waals surface area contributed by atoms with E-state index in [-0.39, 0.29) is 28.8 Å². The summed E-state index contributed by atoms with van der Waals surface area (Å²) in [5, 5.41) is 6.05. The summed E-state index contributed by atoms with van der Waals surface area (Å²) in [7, 11) is -3.25. The largest absolute Gasteiger partial charge is 0.326 e. The summed E-state index contributed by atoms with van der Waals surface area (Å²) >= 11 is 0. The lowest BCUT2D eigenvalue weighted by Gasteiger charge is -2.11. The maximum absolute atomic E-state index is 14.1. The minimum atomic E-state index is -3.25. The number of benzene rings is 1. The van der Waals surface area contributed by atoms with Gasteiger partial charge in [0.2, 0.25) is 5.91 Å². The van der Waals surface area contributed by atoms with Crippen molar-refractivity contribution in [2.24, 2.45) is 0 Å². The Kier molecular flexibility index (Phi) is 5.12. The molecule has 1 aromatic carbocycles. The first-order valence-corrected chi connectivity index (χ1v) is 9.83. The molecule has 7 nitrogen and oxygen atoms in total. The molecule has 9 heteroatoms. The first-order valence-electron chi connectivity index (χ1n) is 8.12. The average Bonchev–Trinajstić information content (AvgIpc) is 3.27. The number of hydrogen-bond donors (Lipinski definition) is 1. The number of hydrogen-bond acceptors (Lipinski definition) is 5. The van der Waals surface area contributed by atoms with Crippen LogP contribution in [0.25, 0.3) is 5.69 Å². The van der Waals surface area contributed by atoms with Crippen molar-refractivity contribution in [2.75, 3.05) is 11.1 Å². The van der Waals surface area contributed by atoms with E-state index in [1.54, 1.807) is 0 Å². The number of carbonyl (C=O) groups excluding carboxylic acids is 1. The molecule has 3 rings (SSSR count). The number of nitrogens with zero attached hydrogens (tertiary/aromatic N) is 3. The van der Waals surface area contributed by atoms with Gasteiger partial charge < -0.3 is 5.32 Å². The molecule has 0 atom stereocenters. The number of nitrogens with one attached hydrogen (secondary N) is 1. The minimum Gasteiger partial charge on any atom is -0.326 e. The van der Waals surface area contributed by atoms with E-state index in [4.69, 9.17) is 0 Å². The standard InChI is InChI=1S/C16H19FN4O3S/c17-14-9-12(5-6-15(14)21-11-18-10-19-21)20-16(22)7-8-25(23,24)13-3-1-2-4-13/h5-6,9-11,13H,1-4,7-8H2,(H,20,22). The van der Waals surface area contributed by atoms with Crippen molar-refractivity contribution in [2.45, 2.75) is 37.4 Å². The molecule has 0 saturated heterocycles. The second-order valence-corrected chi connectivity index (χ2v) is 8.48. The molecule has 1 fully saturated rings. The molecule has 0 unspecified atom stereocenters. The zero-order valence-electron chi connectivity index (χ0n) is 13.6. The molecule has 0 aliphatic heterocycles. The Balaban J connectivity index is 1.59. The molecule has 1 aliphatic carbocycles. The monoisotopic (exact) mass is 366 g/mol. The summed E-state index contributed by atoms with van der Waals surface area (Å²) in [4.78, 5) is 15.7. The Labute approximate surface area is 145 Å². The highest BCUT2D eigenvalue weighted by Gasteiger charge is 2.28. The lowest BCUT2D eigenvalue weighted by molar-refractivity contribution is -0.115. The van der Waals surface area contributed by atoms with Crippen LogP contribution in [0.4, 0.5) is 10.1 Å². The number of amides is 1. The van der Waals surface area contributed by atoms with Crippen LogP contribution < -0.4 is 5.32 Å². The Hall–Kier alpha value is -2.29. The van der Waals surface area contributed by atoms with Crippen LogP contribution in [0, 0.1) is 5.82 Å². The first-order chi connectivity index (χ1) is 12.0. The zero-order chi connectivity index (χ0) is 17.9. The van der Waals surface area contributed by atoms with Crippen molar-refractivity contribution < 1.29 is 17.6 Å². The highest BCUT2D eigenvalue weighted by molar-refractivity contribution is 7.92. The molecule has 1 aromatic heterocycles. The highest BCUT2D eigenvalue weighted by Crippen LogP contribution is 2.25. The van der Waals surface area contributed by atoms with Gasteiger partial charge in [0.25, 0.3) is 0 Å². The predicted octanol–water partition coefficient (Wildman–Crippen LogP) is 2.09. The van der Waals surface area contributed by atoms with Gasteiger partial charge in [-0.2, -0.15) is 5.10 Å². The van der Waals surface area contributed by atoms with Gasteiger partial charge >= 0.3 is 0 Å². The third kappa shape index (κ3) is 4.22. The van der Waals surface area contributed by atoms with Crippen LogP contribution in [0.1, 0.15) is 32.1 Å². The number of carbonyl (C=O) groups is 1. The lowest BCUT2D eigenvalue weighted by Crippen LogP contribution is -2.24. The van der Waals surface area contributed by atoms with E-state index in [1.165, 1.54) is 35.5 Å². The first kappa shape index (κ1) is 17.5. The van der Waals surface area contributed by atoms with Crippen LogP contribution in [-0.2, 0) is 14.6 Å². The molecular weight excluding hydrogens is 347 g/mol. The summed E-state index contributed by atoms with van der Waals surface area (Å²) in [5.41, 5.74) is 0.476. The maximum atomic E-state index is 14.1. The number of halogens is 1. The Morgan fingerprint density at radius 3 is 2.72 bits per heavy atom. The van der Waals surface area contributed by atoms with Crippen LogP contribution in [-0.4, -0.2) is 40.1 Å². The number of sulfone groups is 1. The third-order valence-corrected chi connectivity index (χ3v) is 6.58. The minimum absolute atomic E-state index is 0.134. The van der Waals surface area contributed by atoms with Gasteiger partial charge in [-0.15, -0.1) is 0 Å². The van der Waals surface area contributed by atoms with Gasteiger partial charge in [-0.1, -0.05) is 12.8 Å². The SMILES string of the molecule is O=C(CCS(=O)(=O)C1CCCC1)Nc1ccc(-n2cncn2)c(F)c1. The lowest BCUT2D eigenvalue weighted by atomic mass is 10.2. The topological polar surface area (TPSA) is 94.0 Å². The quantitative estimate of drug-likeness (QED) is 0.845. The molecule has 1 N–H and O–H groups in total. The fraction of sp³-hybridized carbons (Fsp3) is 0.438. The third-order valence-electron chi connectivity index (χ3n) is 4.32. The van der Waals surface area contributed by atoms with E-state index in [9.17, 15) is 17.6 Å². The average molecular weight is 366 g/mol. The summed E-state index contributed by atoms with van der Waals surface area (Å²) in [5.74, 6) is -1.19. The van der Waals surface area contributed by atoms with Crippen LogP contribution in [0.3, 0.4) is 0 Å². The fourth-order valence-electron chi connectivity index (χ4n) is 2.98. The second-order valence-electron chi connectivity index (χ2n) is 6.08. The van der Waals surface area contributed by atoms with Crippen LogP contribution in [0.15, 0.2) is 30.9 Å². The molecule has 1 aliphatic rings. The Morgan fingerprint density at radius 2 is 2.08 bits per heavy atom. The van der Waals surface area contributed by atoms with Gasteiger partial charge in [-0.25, -0.2) is 22.5 Å². The van der Waals surface area contributed by atoms with Gasteiger partial charge in [0.1, 0.15) is 18.3 Å². The highest BCUT2D eigenvalue weighted by atomic mass is 32.2. The Bertz CT molecular complexity index is 846. The van der Waals surface area contributed by atoms with Crippen molar-refractivity contribution in [3.05, 3.63) is 36.7 Å². The van der Waals surface area contributed by atoms with E-state index < -0.39 is 21.6 Å². The summed E-state index contributed by atoms with van der Waals surface area (Å²) in [6.07, 6.45) is 5.73. The number of rotatable bonds is 6. The van der Waals surface area contributed by atoms with Crippen molar-refractivity contribution in [3.8, 4) is 5.69 Å². The smallest absolute Gasteiger partial charge is 0.225 e. The molecule has 0 radical (unpaired) electrons. The van der Waals surface area contributed by atoms with Crippen LogP contribution in [0.2, 0.25) is 0 Å². The fourth-order valence-corrected chi connectivity index (χ4v) is 4.83. The van der Waals surface area contributed by atoms with Crippen molar-refractivity contribution in [1.82, 2.24) is 14.8 Å². The second kappa shape index (κ2) is 7.30. The van der Waals surface area contributed by atoms with Crippen LogP contribution in [0.5, 0.6) is 0 Å². The normalized spacial score (nSPS) is 15.4. The van der Waals surface area contributed by atoms with Crippen molar-refractivity contribution in [1.29, 1.82) is 0 Å². The van der Waals surface area contributed by atoms with Gasteiger partial charge in [0.05, 0.1) is 11.0 Å². The summed E-state index contributed by atoms with van der Waals surface area (Å²) in [6, 6.07) is 4.17. The van der Waals surface area contributed by atoms with E-state index >= 15 is 0 Å². The zero-order valence-corrected chi connectivity index (χ0v) is 14.4. The molecular formula is C16H19FN4O3S. The van der Waals surface area contributed by atoms with Crippen molar-refractivity contribution in [3.63, 3.8) is 0 Å².